The summed E-state index contributed by atoms with van der Waals surface area (Å²) in [6.45, 7) is 3.28. The van der Waals surface area contributed by atoms with Crippen molar-refractivity contribution < 1.29 is 9.90 Å². The van der Waals surface area contributed by atoms with Gasteiger partial charge in [0, 0.05) is 11.8 Å². The van der Waals surface area contributed by atoms with E-state index in [1.807, 2.05) is 6.07 Å². The average molecular weight is 216 g/mol. The quantitative estimate of drug-likeness (QED) is 0.765. The van der Waals surface area contributed by atoms with Gasteiger partial charge in [0.25, 0.3) is 0 Å². The zero-order valence-corrected chi connectivity index (χ0v) is 8.72. The molecular weight excluding hydrogens is 208 g/mol. The molecule has 16 heavy (non-hydrogen) atoms. The third-order valence-corrected chi connectivity index (χ3v) is 2.32. The van der Waals surface area contributed by atoms with Crippen LogP contribution in [-0.4, -0.2) is 25.7 Å². The van der Waals surface area contributed by atoms with Crippen LogP contribution in [0.25, 0.3) is 5.65 Å². The van der Waals surface area contributed by atoms with E-state index in [1.54, 1.807) is 13.8 Å². The van der Waals surface area contributed by atoms with Crippen LogP contribution in [0.5, 0.6) is 0 Å². The van der Waals surface area contributed by atoms with Gasteiger partial charge in [-0.2, -0.15) is 10.4 Å². The molecule has 0 aromatic carbocycles. The van der Waals surface area contributed by atoms with Crippen LogP contribution in [0.2, 0.25) is 0 Å². The Morgan fingerprint density at radius 1 is 1.56 bits per heavy atom. The van der Waals surface area contributed by atoms with Crippen molar-refractivity contribution in [3.8, 4) is 6.07 Å². The lowest BCUT2D eigenvalue weighted by Gasteiger charge is -2.02. The molecule has 2 rings (SSSR count). The first-order valence-electron chi connectivity index (χ1n) is 4.54. The van der Waals surface area contributed by atoms with Gasteiger partial charge >= 0.3 is 5.97 Å². The van der Waals surface area contributed by atoms with Gasteiger partial charge in [-0.25, -0.2) is 14.3 Å². The van der Waals surface area contributed by atoms with Crippen molar-refractivity contribution in [3.63, 3.8) is 0 Å². The van der Waals surface area contributed by atoms with Crippen molar-refractivity contribution >= 4 is 11.6 Å². The number of nitriles is 1. The minimum atomic E-state index is -1.09. The molecule has 0 aliphatic rings. The minimum Gasteiger partial charge on any atom is -0.476 e. The summed E-state index contributed by atoms with van der Waals surface area (Å²) in [5, 5.41) is 22.0. The Labute approximate surface area is 90.8 Å². The molecule has 0 aliphatic carbocycles. The van der Waals surface area contributed by atoms with Gasteiger partial charge in [-0.05, 0) is 13.8 Å². The molecule has 2 aromatic rings. The van der Waals surface area contributed by atoms with Crippen LogP contribution in [0.3, 0.4) is 0 Å². The van der Waals surface area contributed by atoms with Gasteiger partial charge in [-0.15, -0.1) is 0 Å². The number of carboxylic acids is 1. The van der Waals surface area contributed by atoms with Crippen LogP contribution in [0, 0.1) is 25.2 Å². The van der Waals surface area contributed by atoms with Gasteiger partial charge in [-0.3, -0.25) is 0 Å². The number of hydrogen-bond acceptors (Lipinski definition) is 4. The summed E-state index contributed by atoms with van der Waals surface area (Å²) in [4.78, 5) is 15.1. The number of fused-ring (bicyclic) bond motifs is 1. The van der Waals surface area contributed by atoms with Crippen LogP contribution in [0.15, 0.2) is 6.20 Å². The van der Waals surface area contributed by atoms with Crippen molar-refractivity contribution in [3.05, 3.63) is 28.7 Å². The van der Waals surface area contributed by atoms with Gasteiger partial charge in [0.15, 0.2) is 11.3 Å². The van der Waals surface area contributed by atoms with E-state index in [0.717, 1.165) is 0 Å². The number of aryl methyl sites for hydroxylation is 2. The fourth-order valence-electron chi connectivity index (χ4n) is 1.57. The fraction of sp³-hybridized carbons (Fsp3) is 0.200. The first-order chi connectivity index (χ1) is 7.56. The summed E-state index contributed by atoms with van der Waals surface area (Å²) in [5.41, 5.74) is 1.61. The topological polar surface area (TPSA) is 91.3 Å². The molecule has 0 saturated heterocycles. The zero-order valence-electron chi connectivity index (χ0n) is 8.72. The molecule has 0 radical (unpaired) electrons. The van der Waals surface area contributed by atoms with E-state index in [4.69, 9.17) is 10.4 Å². The molecule has 2 heterocycles. The second-order valence-corrected chi connectivity index (χ2v) is 3.40. The Morgan fingerprint density at radius 3 is 2.81 bits per heavy atom. The Kier molecular flexibility index (Phi) is 2.09. The van der Waals surface area contributed by atoms with E-state index < -0.39 is 5.97 Å². The number of carboxylic acid groups (broad SMARTS) is 1. The average Bonchev–Trinajstić information content (AvgIpc) is 2.52. The number of aromatic carboxylic acids is 1. The van der Waals surface area contributed by atoms with Crippen molar-refractivity contribution in [1.82, 2.24) is 14.6 Å². The summed E-state index contributed by atoms with van der Waals surface area (Å²) >= 11 is 0. The lowest BCUT2D eigenvalue weighted by atomic mass is 10.2. The van der Waals surface area contributed by atoms with Crippen LogP contribution >= 0.6 is 0 Å². The third kappa shape index (κ3) is 1.22. The molecule has 80 valence electrons. The standard InChI is InChI=1S/C10H8N4O2/c1-5-4-12-9-7(3-11)6(2)13-14(9)8(5)10(15)16/h4H,1-2H3,(H,15,16). The minimum absolute atomic E-state index is 0.0367. The Morgan fingerprint density at radius 2 is 2.25 bits per heavy atom. The first kappa shape index (κ1) is 10.1. The smallest absolute Gasteiger partial charge is 0.354 e. The van der Waals surface area contributed by atoms with Crippen molar-refractivity contribution in [2.24, 2.45) is 0 Å². The molecule has 0 fully saturated rings. The van der Waals surface area contributed by atoms with Gasteiger partial charge in [0.1, 0.15) is 11.6 Å². The summed E-state index contributed by atoms with van der Waals surface area (Å²) in [5.74, 6) is -1.09. The predicted molar refractivity (Wildman–Crippen MR) is 54.1 cm³/mol. The Balaban J connectivity index is 2.96. The SMILES string of the molecule is Cc1cnc2c(C#N)c(C)nn2c1C(=O)O. The molecular formula is C10H8N4O2. The van der Waals surface area contributed by atoms with E-state index in [9.17, 15) is 4.79 Å². The summed E-state index contributed by atoms with van der Waals surface area (Å²) in [7, 11) is 0. The second kappa shape index (κ2) is 3.31. The highest BCUT2D eigenvalue weighted by Crippen LogP contribution is 2.16. The predicted octanol–water partition coefficient (Wildman–Crippen LogP) is 0.916. The number of aromatic nitrogens is 3. The molecule has 6 heteroatoms. The molecule has 6 nitrogen and oxygen atoms in total. The summed E-state index contributed by atoms with van der Waals surface area (Å²) < 4.78 is 1.20. The molecule has 0 unspecified atom stereocenters. The molecule has 0 atom stereocenters. The Bertz CT molecular complexity index is 636. The van der Waals surface area contributed by atoms with Gasteiger partial charge in [0.2, 0.25) is 0 Å². The van der Waals surface area contributed by atoms with E-state index in [-0.39, 0.29) is 11.3 Å². The molecule has 0 amide bonds. The maximum atomic E-state index is 11.1. The van der Waals surface area contributed by atoms with Crippen molar-refractivity contribution in [2.75, 3.05) is 0 Å². The highest BCUT2D eigenvalue weighted by Gasteiger charge is 2.18. The number of hydrogen-bond donors (Lipinski definition) is 1. The van der Waals surface area contributed by atoms with E-state index in [0.29, 0.717) is 16.8 Å². The third-order valence-electron chi connectivity index (χ3n) is 2.32. The van der Waals surface area contributed by atoms with Gasteiger partial charge < -0.3 is 5.11 Å². The summed E-state index contributed by atoms with van der Waals surface area (Å²) in [6, 6.07) is 1.97. The number of carbonyl (C=O) groups is 1. The van der Waals surface area contributed by atoms with E-state index in [1.165, 1.54) is 10.7 Å². The lowest BCUT2D eigenvalue weighted by molar-refractivity contribution is 0.0686. The summed E-state index contributed by atoms with van der Waals surface area (Å²) in [6.07, 6.45) is 1.43. The van der Waals surface area contributed by atoms with Crippen LogP contribution < -0.4 is 0 Å². The highest BCUT2D eigenvalue weighted by molar-refractivity contribution is 5.88. The largest absolute Gasteiger partial charge is 0.476 e. The number of rotatable bonds is 1. The lowest BCUT2D eigenvalue weighted by Crippen LogP contribution is -2.10. The number of nitrogens with zero attached hydrogens (tertiary/aromatic N) is 4. The molecule has 0 bridgehead atoms. The Hall–Kier alpha value is -2.42. The van der Waals surface area contributed by atoms with E-state index >= 15 is 0 Å². The van der Waals surface area contributed by atoms with Gasteiger partial charge in [-0.1, -0.05) is 0 Å². The second-order valence-electron chi connectivity index (χ2n) is 3.40. The van der Waals surface area contributed by atoms with E-state index in [2.05, 4.69) is 10.1 Å². The van der Waals surface area contributed by atoms with Crippen LogP contribution in [0.1, 0.15) is 27.3 Å². The van der Waals surface area contributed by atoms with Crippen molar-refractivity contribution in [1.29, 1.82) is 5.26 Å². The molecule has 1 N–H and O–H groups in total. The first-order valence-corrected chi connectivity index (χ1v) is 4.54. The zero-order chi connectivity index (χ0) is 11.9. The normalized spacial score (nSPS) is 10.3. The van der Waals surface area contributed by atoms with Crippen LogP contribution in [0.4, 0.5) is 0 Å². The maximum Gasteiger partial charge on any atom is 0.354 e. The molecule has 0 saturated carbocycles. The molecule has 0 aliphatic heterocycles. The maximum absolute atomic E-state index is 11.1. The fourth-order valence-corrected chi connectivity index (χ4v) is 1.57. The van der Waals surface area contributed by atoms with Crippen LogP contribution in [-0.2, 0) is 0 Å². The molecule has 0 spiro atoms. The highest BCUT2D eigenvalue weighted by atomic mass is 16.4. The monoisotopic (exact) mass is 216 g/mol. The molecule has 2 aromatic heterocycles. The van der Waals surface area contributed by atoms with Gasteiger partial charge in [0.05, 0.1) is 5.69 Å². The van der Waals surface area contributed by atoms with Crippen molar-refractivity contribution in [2.45, 2.75) is 13.8 Å².